The number of thioether (sulfide) groups is 1. The standard InChI is InChI=1S/C15H13N3O3S/c1-20-14(19)13-7-6-12(21-13)10-4-3-5-11(8-10)18-15(22-2)17-9-16/h3-8H,1-2H3,(H,17,18). The highest BCUT2D eigenvalue weighted by atomic mass is 32.2. The Hall–Kier alpha value is -2.72. The zero-order valence-electron chi connectivity index (χ0n) is 12.0. The Balaban J connectivity index is 2.30. The number of benzene rings is 1. The predicted molar refractivity (Wildman–Crippen MR) is 84.8 cm³/mol. The molecule has 2 rings (SSSR count). The normalized spacial score (nSPS) is 10.9. The van der Waals surface area contributed by atoms with Crippen molar-refractivity contribution in [1.29, 1.82) is 5.26 Å². The first-order chi connectivity index (χ1) is 10.7. The van der Waals surface area contributed by atoms with Gasteiger partial charge in [-0.2, -0.15) is 5.26 Å². The molecule has 0 saturated carbocycles. The molecule has 0 radical (unpaired) electrons. The number of nitriles is 1. The minimum absolute atomic E-state index is 0.141. The average molecular weight is 315 g/mol. The molecule has 6 nitrogen and oxygen atoms in total. The molecule has 112 valence electrons. The summed E-state index contributed by atoms with van der Waals surface area (Å²) in [5.74, 6) is 0.155. The van der Waals surface area contributed by atoms with Crippen molar-refractivity contribution in [2.45, 2.75) is 0 Å². The second-order valence-electron chi connectivity index (χ2n) is 4.06. The van der Waals surface area contributed by atoms with Gasteiger partial charge < -0.3 is 9.15 Å². The van der Waals surface area contributed by atoms with Crippen molar-refractivity contribution in [2.75, 3.05) is 13.4 Å². The lowest BCUT2D eigenvalue weighted by atomic mass is 10.1. The number of nitrogens with one attached hydrogen (secondary N) is 1. The van der Waals surface area contributed by atoms with E-state index >= 15 is 0 Å². The van der Waals surface area contributed by atoms with Gasteiger partial charge in [0.05, 0.1) is 12.8 Å². The van der Waals surface area contributed by atoms with E-state index < -0.39 is 5.97 Å². The summed E-state index contributed by atoms with van der Waals surface area (Å²) in [6.45, 7) is 0. The van der Waals surface area contributed by atoms with Gasteiger partial charge in [-0.3, -0.25) is 5.32 Å². The van der Waals surface area contributed by atoms with Gasteiger partial charge >= 0.3 is 5.97 Å². The van der Waals surface area contributed by atoms with E-state index in [-0.39, 0.29) is 5.76 Å². The number of carbonyl (C=O) groups is 1. The van der Waals surface area contributed by atoms with Gasteiger partial charge in [0.25, 0.3) is 0 Å². The molecule has 1 heterocycles. The van der Waals surface area contributed by atoms with E-state index in [1.807, 2.05) is 30.6 Å². The molecule has 1 aromatic heterocycles. The number of amidine groups is 1. The number of rotatable bonds is 3. The van der Waals surface area contributed by atoms with Gasteiger partial charge in [-0.25, -0.2) is 9.79 Å². The number of methoxy groups -OCH3 is 1. The zero-order valence-corrected chi connectivity index (χ0v) is 12.8. The largest absolute Gasteiger partial charge is 0.463 e. The van der Waals surface area contributed by atoms with Gasteiger partial charge in [0, 0.05) is 5.56 Å². The van der Waals surface area contributed by atoms with E-state index in [1.165, 1.54) is 18.9 Å². The number of carbonyl (C=O) groups excluding carboxylic acids is 1. The Bertz CT molecular complexity index is 746. The smallest absolute Gasteiger partial charge is 0.373 e. The minimum atomic E-state index is -0.525. The van der Waals surface area contributed by atoms with Crippen LogP contribution in [0, 0.1) is 11.5 Å². The van der Waals surface area contributed by atoms with Crippen LogP contribution >= 0.6 is 11.8 Å². The van der Waals surface area contributed by atoms with Crippen LogP contribution < -0.4 is 5.32 Å². The highest BCUT2D eigenvalue weighted by Crippen LogP contribution is 2.26. The summed E-state index contributed by atoms with van der Waals surface area (Å²) in [7, 11) is 1.30. The van der Waals surface area contributed by atoms with Crippen LogP contribution in [0.5, 0.6) is 0 Å². The van der Waals surface area contributed by atoms with Crippen LogP contribution in [0.4, 0.5) is 5.69 Å². The van der Waals surface area contributed by atoms with E-state index in [9.17, 15) is 4.79 Å². The monoisotopic (exact) mass is 315 g/mol. The number of ether oxygens (including phenoxy) is 1. The van der Waals surface area contributed by atoms with E-state index in [0.717, 1.165) is 5.56 Å². The van der Waals surface area contributed by atoms with E-state index in [0.29, 0.717) is 16.6 Å². The fraction of sp³-hybridized carbons (Fsp3) is 0.133. The number of furan rings is 1. The van der Waals surface area contributed by atoms with Crippen LogP contribution in [-0.4, -0.2) is 24.5 Å². The Morgan fingerprint density at radius 2 is 2.23 bits per heavy atom. The van der Waals surface area contributed by atoms with E-state index in [4.69, 9.17) is 9.68 Å². The van der Waals surface area contributed by atoms with Crippen molar-refractivity contribution in [3.8, 4) is 17.5 Å². The molecule has 0 bridgehead atoms. The SMILES string of the molecule is COC(=O)c1ccc(-c2cccc(N=C(NC#N)SC)c2)o1. The number of aliphatic imine (C=N–C) groups is 1. The summed E-state index contributed by atoms with van der Waals surface area (Å²) in [6.07, 6.45) is 3.66. The van der Waals surface area contributed by atoms with E-state index in [2.05, 4.69) is 15.0 Å². The lowest BCUT2D eigenvalue weighted by Crippen LogP contribution is -2.12. The zero-order chi connectivity index (χ0) is 15.9. The third-order valence-electron chi connectivity index (χ3n) is 2.71. The molecule has 0 amide bonds. The maximum Gasteiger partial charge on any atom is 0.373 e. The Morgan fingerprint density at radius 3 is 2.91 bits per heavy atom. The van der Waals surface area contributed by atoms with Crippen LogP contribution in [0.2, 0.25) is 0 Å². The topological polar surface area (TPSA) is 87.6 Å². The van der Waals surface area contributed by atoms with Crippen LogP contribution in [0.3, 0.4) is 0 Å². The fourth-order valence-electron chi connectivity index (χ4n) is 1.72. The first-order valence-electron chi connectivity index (χ1n) is 6.24. The molecule has 22 heavy (non-hydrogen) atoms. The Kier molecular flexibility index (Phi) is 5.22. The molecule has 0 aliphatic carbocycles. The van der Waals surface area contributed by atoms with Gasteiger partial charge in [-0.1, -0.05) is 23.9 Å². The van der Waals surface area contributed by atoms with Gasteiger partial charge in [0.2, 0.25) is 5.76 Å². The third-order valence-corrected chi connectivity index (χ3v) is 3.29. The molecule has 7 heteroatoms. The molecule has 0 atom stereocenters. The molecule has 1 N–H and O–H groups in total. The van der Waals surface area contributed by atoms with Crippen molar-refractivity contribution < 1.29 is 13.9 Å². The molecule has 0 aliphatic heterocycles. The predicted octanol–water partition coefficient (Wildman–Crippen LogP) is 3.15. The molecule has 1 aromatic carbocycles. The van der Waals surface area contributed by atoms with Crippen LogP contribution in [-0.2, 0) is 4.74 Å². The summed E-state index contributed by atoms with van der Waals surface area (Å²) >= 11 is 1.33. The quantitative estimate of drug-likeness (QED) is 0.308. The average Bonchev–Trinajstić information content (AvgIpc) is 3.04. The highest BCUT2D eigenvalue weighted by molar-refractivity contribution is 8.13. The minimum Gasteiger partial charge on any atom is -0.463 e. The van der Waals surface area contributed by atoms with Gasteiger partial charge in [0.15, 0.2) is 11.4 Å². The van der Waals surface area contributed by atoms with Crippen LogP contribution in [0.15, 0.2) is 45.8 Å². The van der Waals surface area contributed by atoms with E-state index in [1.54, 1.807) is 18.2 Å². The summed E-state index contributed by atoms with van der Waals surface area (Å²) in [5.41, 5.74) is 1.44. The number of hydrogen-bond acceptors (Lipinski definition) is 6. The van der Waals surface area contributed by atoms with Crippen molar-refractivity contribution in [3.63, 3.8) is 0 Å². The lowest BCUT2D eigenvalue weighted by molar-refractivity contribution is 0.0566. The van der Waals surface area contributed by atoms with Crippen LogP contribution in [0.25, 0.3) is 11.3 Å². The number of hydrogen-bond donors (Lipinski definition) is 1. The van der Waals surface area contributed by atoms with Crippen molar-refractivity contribution in [1.82, 2.24) is 5.32 Å². The maximum atomic E-state index is 11.4. The highest BCUT2D eigenvalue weighted by Gasteiger charge is 2.12. The molecule has 0 unspecified atom stereocenters. The van der Waals surface area contributed by atoms with Crippen molar-refractivity contribution >= 4 is 28.6 Å². The summed E-state index contributed by atoms with van der Waals surface area (Å²) in [4.78, 5) is 15.7. The summed E-state index contributed by atoms with van der Waals surface area (Å²) in [5, 5.41) is 11.6. The number of nitrogens with zero attached hydrogens (tertiary/aromatic N) is 2. The molecule has 0 aliphatic rings. The van der Waals surface area contributed by atoms with Crippen molar-refractivity contribution in [3.05, 3.63) is 42.2 Å². The molecular formula is C15H13N3O3S. The first kappa shape index (κ1) is 15.7. The first-order valence-corrected chi connectivity index (χ1v) is 7.46. The second kappa shape index (κ2) is 7.33. The lowest BCUT2D eigenvalue weighted by Gasteiger charge is -2.02. The number of esters is 1. The van der Waals surface area contributed by atoms with Crippen LogP contribution in [0.1, 0.15) is 10.6 Å². The molecule has 0 saturated heterocycles. The molecule has 0 spiro atoms. The molecular weight excluding hydrogens is 302 g/mol. The van der Waals surface area contributed by atoms with Crippen molar-refractivity contribution in [2.24, 2.45) is 4.99 Å². The van der Waals surface area contributed by atoms with Gasteiger partial charge in [-0.15, -0.1) is 0 Å². The summed E-state index contributed by atoms with van der Waals surface area (Å²) < 4.78 is 10.1. The fourth-order valence-corrected chi connectivity index (χ4v) is 2.07. The summed E-state index contributed by atoms with van der Waals surface area (Å²) in [6, 6.07) is 10.5. The van der Waals surface area contributed by atoms with Gasteiger partial charge in [0.1, 0.15) is 5.76 Å². The Morgan fingerprint density at radius 1 is 1.41 bits per heavy atom. The van der Waals surface area contributed by atoms with Gasteiger partial charge in [-0.05, 0) is 30.5 Å². The third kappa shape index (κ3) is 3.68. The molecule has 0 fully saturated rings. The molecule has 2 aromatic rings. The second-order valence-corrected chi connectivity index (χ2v) is 4.86. The maximum absolute atomic E-state index is 11.4. The Labute approximate surface area is 131 Å².